The van der Waals surface area contributed by atoms with Gasteiger partial charge in [-0.3, -0.25) is 9.69 Å². The summed E-state index contributed by atoms with van der Waals surface area (Å²) >= 11 is 0. The summed E-state index contributed by atoms with van der Waals surface area (Å²) in [6, 6.07) is 13.5. The smallest absolute Gasteiger partial charge is 0.315 e. The van der Waals surface area contributed by atoms with Gasteiger partial charge in [0.05, 0.1) is 25.5 Å². The van der Waals surface area contributed by atoms with Crippen LogP contribution >= 0.6 is 12.4 Å². The van der Waals surface area contributed by atoms with Crippen LogP contribution in [-0.2, 0) is 11.3 Å². The van der Waals surface area contributed by atoms with E-state index in [9.17, 15) is 13.6 Å². The van der Waals surface area contributed by atoms with E-state index in [1.807, 2.05) is 24.3 Å². The molecule has 0 spiro atoms. The molecule has 0 aliphatic carbocycles. The lowest BCUT2D eigenvalue weighted by Crippen LogP contribution is -2.39. The van der Waals surface area contributed by atoms with Crippen LogP contribution in [0.25, 0.3) is 22.7 Å². The third-order valence-corrected chi connectivity index (χ3v) is 5.76. The Labute approximate surface area is 217 Å². The molecule has 4 aromatic rings. The van der Waals surface area contributed by atoms with E-state index in [1.54, 1.807) is 0 Å². The first-order chi connectivity index (χ1) is 17.5. The molecular formula is C25H25ClF2N6O3. The van der Waals surface area contributed by atoms with Crippen LogP contribution in [0, 0.1) is 11.6 Å². The molecule has 12 heteroatoms. The lowest BCUT2D eigenvalue weighted by Gasteiger charge is -2.26. The number of nitrogens with one attached hydrogen (secondary N) is 1. The Kier molecular flexibility index (Phi) is 8.59. The zero-order valence-corrected chi connectivity index (χ0v) is 20.6. The lowest BCUT2D eigenvalue weighted by molar-refractivity contribution is 0.0398. The standard InChI is InChI=1S/C25H24F2N6O3.ClH/c26-20-13-19(14-21(27)15-20)22-4-5-23(34)33(31-22)16-17-2-1-3-18(12-17)24-29-30-25(36-24)28-6-7-32-8-10-35-11-9-32;/h1-5,12-15H,6-11,16H2,(H,28,30);1H. The first-order valence-corrected chi connectivity index (χ1v) is 11.5. The fourth-order valence-electron chi connectivity index (χ4n) is 3.95. The van der Waals surface area contributed by atoms with Gasteiger partial charge in [0.1, 0.15) is 11.6 Å². The minimum atomic E-state index is -0.716. The van der Waals surface area contributed by atoms with Crippen molar-refractivity contribution in [3.8, 4) is 22.7 Å². The highest BCUT2D eigenvalue weighted by Crippen LogP contribution is 2.22. The number of benzene rings is 2. The van der Waals surface area contributed by atoms with E-state index in [1.165, 1.54) is 28.9 Å². The summed E-state index contributed by atoms with van der Waals surface area (Å²) in [5.41, 5.74) is 1.65. The van der Waals surface area contributed by atoms with Crippen LogP contribution in [0.4, 0.5) is 14.8 Å². The molecule has 0 unspecified atom stereocenters. The molecule has 0 radical (unpaired) electrons. The third-order valence-electron chi connectivity index (χ3n) is 5.76. The minimum Gasteiger partial charge on any atom is -0.403 e. The van der Waals surface area contributed by atoms with Gasteiger partial charge in [0.25, 0.3) is 5.56 Å². The Morgan fingerprint density at radius 2 is 1.73 bits per heavy atom. The Bertz CT molecular complexity index is 1390. The first kappa shape index (κ1) is 26.4. The zero-order valence-electron chi connectivity index (χ0n) is 19.8. The topological polar surface area (TPSA) is 98.3 Å². The summed E-state index contributed by atoms with van der Waals surface area (Å²) in [6.07, 6.45) is 0. The number of morpholine rings is 1. The molecule has 0 bridgehead atoms. The van der Waals surface area contributed by atoms with Gasteiger partial charge in [0.2, 0.25) is 5.89 Å². The van der Waals surface area contributed by atoms with Crippen molar-refractivity contribution in [1.82, 2.24) is 24.9 Å². The zero-order chi connectivity index (χ0) is 24.9. The maximum absolute atomic E-state index is 13.6. The summed E-state index contributed by atoms with van der Waals surface area (Å²) in [6.45, 7) is 4.97. The van der Waals surface area contributed by atoms with Crippen LogP contribution in [0.2, 0.25) is 0 Å². The maximum atomic E-state index is 13.6. The molecule has 5 rings (SSSR count). The quantitative estimate of drug-likeness (QED) is 0.370. The van der Waals surface area contributed by atoms with Gasteiger partial charge in [-0.25, -0.2) is 13.5 Å². The van der Waals surface area contributed by atoms with E-state index in [4.69, 9.17) is 9.15 Å². The van der Waals surface area contributed by atoms with Crippen LogP contribution in [0.15, 0.2) is 63.8 Å². The van der Waals surface area contributed by atoms with Gasteiger partial charge in [-0.15, -0.1) is 17.5 Å². The number of hydrogen-bond acceptors (Lipinski definition) is 8. The van der Waals surface area contributed by atoms with Crippen LogP contribution in [0.3, 0.4) is 0 Å². The Morgan fingerprint density at radius 3 is 2.51 bits per heavy atom. The summed E-state index contributed by atoms with van der Waals surface area (Å²) in [7, 11) is 0. The normalized spacial score (nSPS) is 13.8. The van der Waals surface area contributed by atoms with Crippen molar-refractivity contribution in [2.45, 2.75) is 6.54 Å². The largest absolute Gasteiger partial charge is 0.403 e. The minimum absolute atomic E-state index is 0. The lowest BCUT2D eigenvalue weighted by atomic mass is 10.1. The molecule has 0 atom stereocenters. The van der Waals surface area contributed by atoms with Crippen molar-refractivity contribution in [3.05, 3.63) is 82.1 Å². The molecule has 0 saturated carbocycles. The molecule has 2 aromatic carbocycles. The van der Waals surface area contributed by atoms with Gasteiger partial charge in [-0.05, 0) is 35.9 Å². The summed E-state index contributed by atoms with van der Waals surface area (Å²) in [5, 5.41) is 15.6. The molecule has 0 amide bonds. The van der Waals surface area contributed by atoms with Crippen molar-refractivity contribution in [3.63, 3.8) is 0 Å². The maximum Gasteiger partial charge on any atom is 0.315 e. The summed E-state index contributed by atoms with van der Waals surface area (Å²) in [4.78, 5) is 14.7. The predicted octanol–water partition coefficient (Wildman–Crippen LogP) is 3.45. The van der Waals surface area contributed by atoms with Crippen molar-refractivity contribution in [2.75, 3.05) is 44.7 Å². The molecule has 1 N–H and O–H groups in total. The van der Waals surface area contributed by atoms with Gasteiger partial charge in [0, 0.05) is 49.4 Å². The number of halogens is 3. The van der Waals surface area contributed by atoms with E-state index in [0.717, 1.165) is 44.5 Å². The highest BCUT2D eigenvalue weighted by atomic mass is 35.5. The molecule has 1 saturated heterocycles. The summed E-state index contributed by atoms with van der Waals surface area (Å²) in [5.74, 6) is -1.09. The van der Waals surface area contributed by atoms with E-state index < -0.39 is 11.6 Å². The second-order valence-corrected chi connectivity index (χ2v) is 8.37. The van der Waals surface area contributed by atoms with Crippen LogP contribution in [0.5, 0.6) is 0 Å². The molecule has 1 fully saturated rings. The second kappa shape index (κ2) is 12.0. The first-order valence-electron chi connectivity index (χ1n) is 11.5. The van der Waals surface area contributed by atoms with E-state index >= 15 is 0 Å². The average molecular weight is 531 g/mol. The summed E-state index contributed by atoms with van der Waals surface area (Å²) < 4.78 is 39.6. The molecule has 1 aliphatic heterocycles. The van der Waals surface area contributed by atoms with E-state index in [-0.39, 0.29) is 35.8 Å². The number of nitrogens with zero attached hydrogens (tertiary/aromatic N) is 5. The van der Waals surface area contributed by atoms with Crippen molar-refractivity contribution in [1.29, 1.82) is 0 Å². The van der Waals surface area contributed by atoms with Crippen LogP contribution in [0.1, 0.15) is 5.56 Å². The highest BCUT2D eigenvalue weighted by Gasteiger charge is 2.13. The molecule has 1 aliphatic rings. The van der Waals surface area contributed by atoms with Gasteiger partial charge >= 0.3 is 6.01 Å². The molecule has 9 nitrogen and oxygen atoms in total. The number of ether oxygens (including phenoxy) is 1. The van der Waals surface area contributed by atoms with E-state index in [0.29, 0.717) is 24.0 Å². The molecule has 2 aromatic heterocycles. The highest BCUT2D eigenvalue weighted by molar-refractivity contribution is 5.85. The van der Waals surface area contributed by atoms with Crippen LogP contribution < -0.4 is 10.9 Å². The van der Waals surface area contributed by atoms with Crippen molar-refractivity contribution >= 4 is 18.4 Å². The fraction of sp³-hybridized carbons (Fsp3) is 0.280. The van der Waals surface area contributed by atoms with Crippen LogP contribution in [-0.4, -0.2) is 64.3 Å². The number of hydrogen-bond donors (Lipinski definition) is 1. The van der Waals surface area contributed by atoms with E-state index in [2.05, 4.69) is 25.5 Å². The number of aromatic nitrogens is 4. The Hall–Kier alpha value is -3.67. The SMILES string of the molecule is Cl.O=c1ccc(-c2cc(F)cc(F)c2)nn1Cc1cccc(-c2nnc(NCCN3CCOCC3)o2)c1. The Balaban J connectivity index is 0.00000320. The molecular weight excluding hydrogens is 506 g/mol. The van der Waals surface area contributed by atoms with Crippen molar-refractivity contribution in [2.24, 2.45) is 0 Å². The van der Waals surface area contributed by atoms with Gasteiger partial charge in [-0.1, -0.05) is 17.2 Å². The second-order valence-electron chi connectivity index (χ2n) is 8.37. The monoisotopic (exact) mass is 530 g/mol. The van der Waals surface area contributed by atoms with Gasteiger partial charge in [-0.2, -0.15) is 5.10 Å². The average Bonchev–Trinajstić information content (AvgIpc) is 3.35. The van der Waals surface area contributed by atoms with Crippen molar-refractivity contribution < 1.29 is 17.9 Å². The predicted molar refractivity (Wildman–Crippen MR) is 136 cm³/mol. The molecule has 3 heterocycles. The fourth-order valence-corrected chi connectivity index (χ4v) is 3.95. The Morgan fingerprint density at radius 1 is 0.946 bits per heavy atom. The third kappa shape index (κ3) is 6.76. The molecule has 194 valence electrons. The number of rotatable bonds is 8. The molecule has 37 heavy (non-hydrogen) atoms. The number of anilines is 1. The van der Waals surface area contributed by atoms with Gasteiger partial charge in [0.15, 0.2) is 0 Å². The van der Waals surface area contributed by atoms with Gasteiger partial charge < -0.3 is 14.5 Å².